The van der Waals surface area contributed by atoms with E-state index in [-0.39, 0.29) is 79.9 Å². The third kappa shape index (κ3) is 29.8. The molecule has 0 aliphatic carbocycles. The van der Waals surface area contributed by atoms with E-state index in [9.17, 15) is 39.0 Å². The largest absolute Gasteiger partial charge is 0.396 e. The lowest BCUT2D eigenvalue weighted by Crippen LogP contribution is -2.64. The molecular formula is C82H143N13O15S. The molecule has 1 aliphatic rings. The predicted octanol–water partition coefficient (Wildman–Crippen LogP) is 6.43. The van der Waals surface area contributed by atoms with E-state index >= 15 is 33.6 Å². The quantitative estimate of drug-likeness (QED) is 0.0394. The molecule has 1 saturated heterocycles. The first-order valence-corrected chi connectivity index (χ1v) is 41.7. The van der Waals surface area contributed by atoms with Crippen LogP contribution >= 0.6 is 11.8 Å². The number of hydrogen-bond donors (Lipinski definition) is 7. The summed E-state index contributed by atoms with van der Waals surface area (Å²) in [7, 11) is 10.00. The van der Waals surface area contributed by atoms with Gasteiger partial charge in [0.05, 0.1) is 6.10 Å². The van der Waals surface area contributed by atoms with Crippen LogP contribution in [0.1, 0.15) is 229 Å². The smallest absolute Gasteiger partial charge is 0.253 e. The van der Waals surface area contributed by atoms with Gasteiger partial charge in [-0.25, -0.2) is 0 Å². The summed E-state index contributed by atoms with van der Waals surface area (Å²) in [5.74, 6) is -10.2. The van der Waals surface area contributed by atoms with E-state index in [2.05, 4.69) is 26.6 Å². The monoisotopic (exact) mass is 1580 g/mol. The molecule has 0 saturated carbocycles. The van der Waals surface area contributed by atoms with Crippen LogP contribution in [0.2, 0.25) is 0 Å². The van der Waals surface area contributed by atoms with E-state index in [1.807, 2.05) is 69.2 Å². The maximum atomic E-state index is 15.7. The van der Waals surface area contributed by atoms with Gasteiger partial charge in [-0.2, -0.15) is 11.8 Å². The van der Waals surface area contributed by atoms with Gasteiger partial charge in [0.1, 0.15) is 66.5 Å². The first kappa shape index (κ1) is 99.7. The Morgan fingerprint density at radius 2 is 0.892 bits per heavy atom. The summed E-state index contributed by atoms with van der Waals surface area (Å²) in [6.07, 6.45) is 3.80. The average Bonchev–Trinajstić information content (AvgIpc) is 0.806. The second-order valence-corrected chi connectivity index (χ2v) is 34.0. The Morgan fingerprint density at radius 1 is 0.459 bits per heavy atom. The Morgan fingerprint density at radius 3 is 1.39 bits per heavy atom. The first-order chi connectivity index (χ1) is 51.9. The third-order valence-corrected chi connectivity index (χ3v) is 22.3. The molecule has 632 valence electrons. The van der Waals surface area contributed by atoms with Gasteiger partial charge in [0.25, 0.3) is 11.8 Å². The van der Waals surface area contributed by atoms with Crippen LogP contribution in [0.15, 0.2) is 24.3 Å². The molecule has 7 N–H and O–H groups in total. The molecule has 0 unspecified atom stereocenters. The zero-order chi connectivity index (χ0) is 84.8. The van der Waals surface area contributed by atoms with E-state index in [1.54, 1.807) is 70.7 Å². The van der Waals surface area contributed by atoms with E-state index in [0.29, 0.717) is 75.0 Å². The molecule has 111 heavy (non-hydrogen) atoms. The zero-order valence-corrected chi connectivity index (χ0v) is 72.7. The van der Waals surface area contributed by atoms with Crippen molar-refractivity contribution >= 4 is 88.6 Å². The van der Waals surface area contributed by atoms with Gasteiger partial charge in [-0.15, -0.1) is 0 Å². The van der Waals surface area contributed by atoms with Gasteiger partial charge < -0.3 is 76.0 Å². The summed E-state index contributed by atoms with van der Waals surface area (Å²) < 4.78 is 0. The Hall–Kier alpha value is -7.40. The van der Waals surface area contributed by atoms with Gasteiger partial charge in [0.2, 0.25) is 65.0 Å². The Kier molecular flexibility index (Phi) is 43.7. The molecule has 0 bridgehead atoms. The van der Waals surface area contributed by atoms with Gasteiger partial charge in [0, 0.05) is 92.5 Å². The lowest BCUT2D eigenvalue weighted by atomic mass is 9.90. The number of amides is 13. The molecule has 1 fully saturated rings. The fraction of sp³-hybridized carbons (Fsp3) is 0.768. The number of benzene rings is 1. The molecule has 29 heteroatoms. The van der Waals surface area contributed by atoms with Crippen LogP contribution in [0.25, 0.3) is 0 Å². The summed E-state index contributed by atoms with van der Waals surface area (Å²) >= 11 is 1.35. The minimum Gasteiger partial charge on any atom is -0.396 e. The molecule has 1 aromatic rings. The van der Waals surface area contributed by atoms with Crippen molar-refractivity contribution in [2.45, 2.75) is 281 Å². The van der Waals surface area contributed by atoms with Gasteiger partial charge in [-0.05, 0) is 157 Å². The molecule has 2 rings (SSSR count). The van der Waals surface area contributed by atoms with E-state index in [4.69, 9.17) is 0 Å². The molecule has 28 nitrogen and oxygen atoms in total. The minimum absolute atomic E-state index is 0.0104. The predicted molar refractivity (Wildman–Crippen MR) is 435 cm³/mol. The summed E-state index contributed by atoms with van der Waals surface area (Å²) in [6, 6.07) is -7.62. The SMILES string of the molecule is CC[C@@H]1NC(=O)[C@H]([C@H](O)[C@H](C)CCCCCCCNC(=O)c2ccc(C(=O)N(CC)CC)cc2)N(C)C(=O)[C@H](C(C)C)N(C)C(=O)[C@H](CC(C)C)N(C)C(=O)[C@H](CC(C)C)N(C)C(=O)[C@H](C)NC(=O)[C@@H](C)NC(=O)[C@@H](CC(C)C)N(C)C(=O)[C@@H](C(C)C)NC(=O)[C@H](CC(C)C)N(C)C(=O)[C@@H](CSCCCCO)N(C)C1=O. The highest BCUT2D eigenvalue weighted by atomic mass is 32.2. The minimum atomic E-state index is -1.69. The fourth-order valence-corrected chi connectivity index (χ4v) is 15.2. The lowest BCUT2D eigenvalue weighted by Gasteiger charge is -2.41. The number of rotatable bonds is 31. The van der Waals surface area contributed by atoms with Crippen molar-refractivity contribution in [3.05, 3.63) is 35.4 Å². The second kappa shape index (κ2) is 48.6. The molecule has 13 atom stereocenters. The summed E-state index contributed by atoms with van der Waals surface area (Å²) in [5.41, 5.74) is 0.933. The highest BCUT2D eigenvalue weighted by Crippen LogP contribution is 2.28. The average molecular weight is 1580 g/mol. The number of likely N-dealkylation sites (N-methyl/N-ethyl adjacent to an activating group) is 7. The van der Waals surface area contributed by atoms with Crippen LogP contribution in [0.3, 0.4) is 0 Å². The fourth-order valence-electron chi connectivity index (χ4n) is 14.1. The van der Waals surface area contributed by atoms with E-state index < -0.39 is 155 Å². The van der Waals surface area contributed by atoms with Crippen molar-refractivity contribution in [1.82, 2.24) is 65.8 Å². The lowest BCUT2D eigenvalue weighted by molar-refractivity contribution is -0.157. The zero-order valence-electron chi connectivity index (χ0n) is 71.9. The summed E-state index contributed by atoms with van der Waals surface area (Å²) in [6.45, 7) is 33.4. The van der Waals surface area contributed by atoms with E-state index in [0.717, 1.165) is 17.7 Å². The van der Waals surface area contributed by atoms with Crippen molar-refractivity contribution in [3.8, 4) is 0 Å². The maximum absolute atomic E-state index is 15.7. The van der Waals surface area contributed by atoms with Gasteiger partial charge in [-0.1, -0.05) is 123 Å². The number of aliphatic hydroxyl groups is 2. The molecule has 13 amide bonds. The van der Waals surface area contributed by atoms with Crippen molar-refractivity contribution in [2.75, 3.05) is 87.1 Å². The number of nitrogens with zero attached hydrogens (tertiary/aromatic N) is 8. The third-order valence-electron chi connectivity index (χ3n) is 21.2. The van der Waals surface area contributed by atoms with Crippen molar-refractivity contribution < 1.29 is 72.5 Å². The Labute approximate surface area is 668 Å². The van der Waals surface area contributed by atoms with Crippen molar-refractivity contribution in [2.24, 2.45) is 41.4 Å². The van der Waals surface area contributed by atoms with E-state index in [1.165, 1.54) is 104 Å². The molecule has 1 aliphatic heterocycles. The first-order valence-electron chi connectivity index (χ1n) is 40.5. The van der Waals surface area contributed by atoms with Crippen LogP contribution in [-0.4, -0.2) is 286 Å². The molecule has 1 aromatic carbocycles. The van der Waals surface area contributed by atoms with Gasteiger partial charge >= 0.3 is 0 Å². The summed E-state index contributed by atoms with van der Waals surface area (Å²) in [4.78, 5) is 202. The number of unbranched alkanes of at least 4 members (excludes halogenated alkanes) is 5. The van der Waals surface area contributed by atoms with Crippen LogP contribution in [0.4, 0.5) is 0 Å². The number of aliphatic hydroxyl groups excluding tert-OH is 2. The van der Waals surface area contributed by atoms with Crippen LogP contribution in [-0.2, 0) is 52.7 Å². The number of thioether (sulfide) groups is 1. The second-order valence-electron chi connectivity index (χ2n) is 32.9. The van der Waals surface area contributed by atoms with Gasteiger partial charge in [0.15, 0.2) is 0 Å². The maximum Gasteiger partial charge on any atom is 0.253 e. The van der Waals surface area contributed by atoms with Crippen molar-refractivity contribution in [1.29, 1.82) is 0 Å². The standard InChI is InChI=1S/C82H143N13O15S/c1-26-60-77(105)92(23)65(48-111-43-35-34-42-96)80(108)88(19)62(45-50(6)7)73(101)87-66(53(12)13)81(109)89(20)61(44-49(4)5)72(100)84-56(17)70(98)85-57(18)75(103)90(21)63(46-51(8)9)78(106)91(22)64(47-52(10)11)79(107)93(24)67(54(14)15)82(110)94(25)68(74(102)86-60)69(97)55(16)36-32-30-29-31-33-41-83-71(99)58-37-39-59(40-38-58)76(104)95(27-2)28-3/h37-40,49-57,60-69,96-97H,26-36,41-48H2,1-25H3,(H,83,99)(H,84,100)(H,85,98)(H,86,102)(H,87,101)/t55-,56-,57+,60+,61-,62+,63+,64+,65-,66-,67+,68+,69-/m1/s1. The topological polar surface area (TPSA) is 348 Å². The number of hydrogen-bond acceptors (Lipinski definition) is 16. The highest BCUT2D eigenvalue weighted by Gasteiger charge is 2.47. The normalized spacial score (nSPS) is 23.8. The summed E-state index contributed by atoms with van der Waals surface area (Å²) in [5, 5.41) is 36.5. The number of carbonyl (C=O) groups is 13. The molecule has 1 heterocycles. The highest BCUT2D eigenvalue weighted by molar-refractivity contribution is 7.99. The number of carbonyl (C=O) groups excluding carboxylic acids is 13. The Balaban J connectivity index is 2.96. The molecule has 0 spiro atoms. The number of nitrogens with one attached hydrogen (secondary N) is 5. The molecule has 0 radical (unpaired) electrons. The Bertz CT molecular complexity index is 3190. The van der Waals surface area contributed by atoms with Crippen LogP contribution < -0.4 is 26.6 Å². The molecule has 0 aromatic heterocycles. The van der Waals surface area contributed by atoms with Crippen LogP contribution in [0, 0.1) is 41.4 Å². The van der Waals surface area contributed by atoms with Gasteiger partial charge in [-0.3, -0.25) is 62.3 Å². The van der Waals surface area contributed by atoms with Crippen molar-refractivity contribution in [3.63, 3.8) is 0 Å². The molecular weight excluding hydrogens is 1440 g/mol. The van der Waals surface area contributed by atoms with Crippen LogP contribution in [0.5, 0.6) is 0 Å².